The maximum Gasteiger partial charge on any atom is 0.243 e. The van der Waals surface area contributed by atoms with Crippen LogP contribution >= 0.6 is 0 Å². The molecular weight excluding hydrogens is 288 g/mol. The van der Waals surface area contributed by atoms with Gasteiger partial charge in [0.1, 0.15) is 5.76 Å². The van der Waals surface area contributed by atoms with Crippen LogP contribution in [-0.4, -0.2) is 19.8 Å². The average Bonchev–Trinajstić information content (AvgIpc) is 2.99. The standard InChI is InChI=1S/C15H20N2O3S/c1-3-12-6-7-15(9-13(12)10-16)21(18,19)17(2)11-14-5-4-8-20-14/h4-9H,3,10-11,16H2,1-2H3. The zero-order valence-corrected chi connectivity index (χ0v) is 13.1. The maximum atomic E-state index is 12.6. The van der Waals surface area contributed by atoms with Gasteiger partial charge in [0.05, 0.1) is 17.7 Å². The van der Waals surface area contributed by atoms with Gasteiger partial charge in [0.25, 0.3) is 0 Å². The minimum absolute atomic E-state index is 0.197. The molecule has 0 radical (unpaired) electrons. The topological polar surface area (TPSA) is 76.5 Å². The summed E-state index contributed by atoms with van der Waals surface area (Å²) in [6.07, 6.45) is 2.35. The SMILES string of the molecule is CCc1ccc(S(=O)(=O)N(C)Cc2ccco2)cc1CN. The minimum Gasteiger partial charge on any atom is -0.468 e. The number of hydrogen-bond donors (Lipinski definition) is 1. The van der Waals surface area contributed by atoms with E-state index in [1.54, 1.807) is 24.3 Å². The van der Waals surface area contributed by atoms with E-state index in [2.05, 4.69) is 0 Å². The van der Waals surface area contributed by atoms with Gasteiger partial charge in [0, 0.05) is 13.6 Å². The van der Waals surface area contributed by atoms with Crippen LogP contribution in [0.3, 0.4) is 0 Å². The van der Waals surface area contributed by atoms with Crippen LogP contribution in [0.5, 0.6) is 0 Å². The Kier molecular flexibility index (Phi) is 4.82. The molecule has 0 saturated carbocycles. The minimum atomic E-state index is -3.55. The Morgan fingerprint density at radius 2 is 2.00 bits per heavy atom. The fourth-order valence-corrected chi connectivity index (χ4v) is 3.37. The third kappa shape index (κ3) is 3.34. The number of aryl methyl sites for hydroxylation is 1. The molecule has 2 rings (SSSR count). The van der Waals surface area contributed by atoms with Gasteiger partial charge in [-0.05, 0) is 41.8 Å². The summed E-state index contributed by atoms with van der Waals surface area (Å²) >= 11 is 0. The Balaban J connectivity index is 2.30. The summed E-state index contributed by atoms with van der Waals surface area (Å²) < 4.78 is 31.6. The maximum absolute atomic E-state index is 12.6. The molecule has 114 valence electrons. The Bertz CT molecular complexity index is 694. The molecule has 1 heterocycles. The molecule has 0 saturated heterocycles. The second kappa shape index (κ2) is 6.43. The lowest BCUT2D eigenvalue weighted by Crippen LogP contribution is -2.26. The molecule has 0 aliphatic carbocycles. The van der Waals surface area contributed by atoms with Crippen LogP contribution in [0.25, 0.3) is 0 Å². The van der Waals surface area contributed by atoms with E-state index in [0.29, 0.717) is 12.3 Å². The van der Waals surface area contributed by atoms with E-state index in [0.717, 1.165) is 17.5 Å². The molecule has 0 aliphatic heterocycles. The largest absolute Gasteiger partial charge is 0.468 e. The second-order valence-corrected chi connectivity index (χ2v) is 6.87. The first-order valence-electron chi connectivity index (χ1n) is 6.79. The van der Waals surface area contributed by atoms with Crippen molar-refractivity contribution < 1.29 is 12.8 Å². The van der Waals surface area contributed by atoms with Crippen LogP contribution in [0.1, 0.15) is 23.8 Å². The second-order valence-electron chi connectivity index (χ2n) is 4.83. The Morgan fingerprint density at radius 3 is 2.57 bits per heavy atom. The first kappa shape index (κ1) is 15.8. The number of sulfonamides is 1. The van der Waals surface area contributed by atoms with Gasteiger partial charge >= 0.3 is 0 Å². The summed E-state index contributed by atoms with van der Waals surface area (Å²) in [5, 5.41) is 0. The molecule has 21 heavy (non-hydrogen) atoms. The van der Waals surface area contributed by atoms with Crippen molar-refractivity contribution in [3.8, 4) is 0 Å². The fraction of sp³-hybridized carbons (Fsp3) is 0.333. The van der Waals surface area contributed by atoms with E-state index in [-0.39, 0.29) is 11.4 Å². The average molecular weight is 308 g/mol. The summed E-state index contributed by atoms with van der Waals surface area (Å²) in [6.45, 7) is 2.54. The van der Waals surface area contributed by atoms with Gasteiger partial charge in [-0.15, -0.1) is 0 Å². The Morgan fingerprint density at radius 1 is 1.24 bits per heavy atom. The number of rotatable bonds is 6. The van der Waals surface area contributed by atoms with Gasteiger partial charge in [-0.3, -0.25) is 0 Å². The molecule has 1 aromatic carbocycles. The molecule has 0 spiro atoms. The van der Waals surface area contributed by atoms with Gasteiger partial charge in [-0.25, -0.2) is 8.42 Å². The quantitative estimate of drug-likeness (QED) is 0.887. The lowest BCUT2D eigenvalue weighted by molar-refractivity contribution is 0.406. The Labute approximate surface area is 125 Å². The monoisotopic (exact) mass is 308 g/mol. The number of hydrogen-bond acceptors (Lipinski definition) is 4. The molecule has 0 bridgehead atoms. The van der Waals surface area contributed by atoms with Crippen molar-refractivity contribution in [1.82, 2.24) is 4.31 Å². The van der Waals surface area contributed by atoms with E-state index in [1.165, 1.54) is 17.6 Å². The summed E-state index contributed by atoms with van der Waals surface area (Å²) in [7, 11) is -2.02. The number of nitrogens with zero attached hydrogens (tertiary/aromatic N) is 1. The normalized spacial score (nSPS) is 12.0. The number of nitrogens with two attached hydrogens (primary N) is 1. The van der Waals surface area contributed by atoms with Crippen LogP contribution in [-0.2, 0) is 29.5 Å². The molecule has 0 unspecified atom stereocenters. The third-order valence-electron chi connectivity index (χ3n) is 3.45. The van der Waals surface area contributed by atoms with Crippen LogP contribution in [0.4, 0.5) is 0 Å². The van der Waals surface area contributed by atoms with Crippen molar-refractivity contribution in [3.05, 3.63) is 53.5 Å². The summed E-state index contributed by atoms with van der Waals surface area (Å²) in [5.74, 6) is 0.602. The highest BCUT2D eigenvalue weighted by atomic mass is 32.2. The third-order valence-corrected chi connectivity index (χ3v) is 5.24. The van der Waals surface area contributed by atoms with Crippen molar-refractivity contribution in [1.29, 1.82) is 0 Å². The van der Waals surface area contributed by atoms with Gasteiger partial charge in [0.15, 0.2) is 0 Å². The van der Waals surface area contributed by atoms with Crippen LogP contribution in [0.15, 0.2) is 45.9 Å². The van der Waals surface area contributed by atoms with Crippen LogP contribution < -0.4 is 5.73 Å². The molecule has 0 aliphatic rings. The van der Waals surface area contributed by atoms with Crippen molar-refractivity contribution in [2.75, 3.05) is 7.05 Å². The highest BCUT2D eigenvalue weighted by Crippen LogP contribution is 2.21. The molecule has 2 aromatic rings. The van der Waals surface area contributed by atoms with Gasteiger partial charge < -0.3 is 10.2 Å². The van der Waals surface area contributed by atoms with Crippen molar-refractivity contribution >= 4 is 10.0 Å². The highest BCUT2D eigenvalue weighted by molar-refractivity contribution is 7.89. The fourth-order valence-electron chi connectivity index (χ4n) is 2.18. The summed E-state index contributed by atoms with van der Waals surface area (Å²) in [4.78, 5) is 0.259. The smallest absolute Gasteiger partial charge is 0.243 e. The molecular formula is C15H20N2O3S. The van der Waals surface area contributed by atoms with Crippen LogP contribution in [0, 0.1) is 0 Å². The lowest BCUT2D eigenvalue weighted by atomic mass is 10.1. The van der Waals surface area contributed by atoms with E-state index in [1.807, 2.05) is 13.0 Å². The van der Waals surface area contributed by atoms with Crippen LogP contribution in [0.2, 0.25) is 0 Å². The summed E-state index contributed by atoms with van der Waals surface area (Å²) in [5.41, 5.74) is 7.64. The predicted octanol–water partition coefficient (Wildman–Crippen LogP) is 2.12. The lowest BCUT2D eigenvalue weighted by Gasteiger charge is -2.17. The summed E-state index contributed by atoms with van der Waals surface area (Å²) in [6, 6.07) is 8.60. The highest BCUT2D eigenvalue weighted by Gasteiger charge is 2.22. The first-order valence-corrected chi connectivity index (χ1v) is 8.23. The molecule has 6 heteroatoms. The van der Waals surface area contributed by atoms with Crippen molar-refractivity contribution in [2.24, 2.45) is 5.73 Å². The zero-order chi connectivity index (χ0) is 15.5. The van der Waals surface area contributed by atoms with Gasteiger partial charge in [-0.1, -0.05) is 13.0 Å². The van der Waals surface area contributed by atoms with Crippen molar-refractivity contribution in [3.63, 3.8) is 0 Å². The molecule has 2 N–H and O–H groups in total. The van der Waals surface area contributed by atoms with E-state index >= 15 is 0 Å². The van der Waals surface area contributed by atoms with E-state index in [4.69, 9.17) is 10.2 Å². The Hall–Kier alpha value is -1.63. The molecule has 0 amide bonds. The van der Waals surface area contributed by atoms with Gasteiger partial charge in [0.2, 0.25) is 10.0 Å². The first-order chi connectivity index (χ1) is 9.98. The van der Waals surface area contributed by atoms with Gasteiger partial charge in [-0.2, -0.15) is 4.31 Å². The van der Waals surface area contributed by atoms with E-state index < -0.39 is 10.0 Å². The number of furan rings is 1. The zero-order valence-electron chi connectivity index (χ0n) is 12.2. The molecule has 1 aromatic heterocycles. The predicted molar refractivity (Wildman–Crippen MR) is 81.1 cm³/mol. The molecule has 0 atom stereocenters. The van der Waals surface area contributed by atoms with E-state index in [9.17, 15) is 8.42 Å². The number of benzene rings is 1. The molecule has 0 fully saturated rings. The van der Waals surface area contributed by atoms with Crippen molar-refractivity contribution in [2.45, 2.75) is 31.3 Å². The molecule has 5 nitrogen and oxygen atoms in total.